The lowest BCUT2D eigenvalue weighted by Crippen LogP contribution is -2.43. The van der Waals surface area contributed by atoms with E-state index in [1.54, 1.807) is 56.6 Å². The van der Waals surface area contributed by atoms with Gasteiger partial charge in [-0.3, -0.25) is 0 Å². The molecule has 0 saturated carbocycles. The Kier molecular flexibility index (Phi) is 6.77. The van der Waals surface area contributed by atoms with E-state index in [1.165, 1.54) is 12.4 Å². The van der Waals surface area contributed by atoms with Crippen LogP contribution >= 0.6 is 0 Å². The Hall–Kier alpha value is -3.17. The largest absolute Gasteiger partial charge is 0.472 e. The second kappa shape index (κ2) is 9.60. The van der Waals surface area contributed by atoms with Gasteiger partial charge in [-0.15, -0.1) is 4.40 Å². The van der Waals surface area contributed by atoms with Crippen LogP contribution in [-0.4, -0.2) is 41.6 Å². The molecule has 0 fully saturated rings. The Morgan fingerprint density at radius 3 is 2.35 bits per heavy atom. The zero-order valence-electron chi connectivity index (χ0n) is 18.9. The second-order valence-corrected chi connectivity index (χ2v) is 10.5. The lowest BCUT2D eigenvalue weighted by atomic mass is 9.91. The number of hydrogen-bond donors (Lipinski definition) is 1. The van der Waals surface area contributed by atoms with Crippen molar-refractivity contribution >= 4 is 15.9 Å². The normalized spacial score (nSPS) is 19.6. The third kappa shape index (κ3) is 5.00. The second-order valence-electron chi connectivity index (χ2n) is 8.77. The number of ether oxygens (including phenoxy) is 1. The van der Waals surface area contributed by atoms with Crippen LogP contribution in [0.3, 0.4) is 0 Å². The Morgan fingerprint density at radius 2 is 1.74 bits per heavy atom. The molecule has 4 rings (SSSR count). The minimum Gasteiger partial charge on any atom is -0.472 e. The van der Waals surface area contributed by atoms with Gasteiger partial charge in [0.2, 0.25) is 5.90 Å². The fraction of sp³-hybridized carbons (Fsp3) is 0.320. The number of sulfonamides is 1. The summed E-state index contributed by atoms with van der Waals surface area (Å²) in [6.45, 7) is 3.23. The predicted molar refractivity (Wildman–Crippen MR) is 127 cm³/mol. The number of aromatic nitrogens is 2. The van der Waals surface area contributed by atoms with Gasteiger partial charge in [0.1, 0.15) is 23.0 Å². The first-order valence-corrected chi connectivity index (χ1v) is 12.4. The molecule has 2 heterocycles. The zero-order chi connectivity index (χ0) is 24.3. The van der Waals surface area contributed by atoms with Crippen LogP contribution in [0.15, 0.2) is 71.6 Å². The average molecular weight is 484 g/mol. The molecule has 1 aliphatic heterocycles. The molecule has 0 radical (unpaired) electrons. The van der Waals surface area contributed by atoms with Crippen molar-refractivity contribution in [2.75, 3.05) is 6.61 Å². The molecular formula is C25H26FN3O4S. The Bertz CT molecular complexity index is 1280. The number of benzene rings is 2. The minimum absolute atomic E-state index is 0.0148. The van der Waals surface area contributed by atoms with Gasteiger partial charge in [0.05, 0.1) is 0 Å². The summed E-state index contributed by atoms with van der Waals surface area (Å²) in [5.74, 6) is -0.873. The van der Waals surface area contributed by atoms with E-state index in [2.05, 4.69) is 14.4 Å². The predicted octanol–water partition coefficient (Wildman–Crippen LogP) is 4.42. The summed E-state index contributed by atoms with van der Waals surface area (Å²) in [5, 5.41) is 8.47. The molecule has 178 valence electrons. The number of aliphatic hydroxyl groups is 1. The number of halogens is 1. The molecule has 1 aliphatic rings. The van der Waals surface area contributed by atoms with Gasteiger partial charge in [-0.25, -0.2) is 22.8 Å². The molecule has 0 aliphatic carbocycles. The highest BCUT2D eigenvalue weighted by molar-refractivity contribution is 7.90. The first-order chi connectivity index (χ1) is 16.2. The maximum absolute atomic E-state index is 14.4. The summed E-state index contributed by atoms with van der Waals surface area (Å²) >= 11 is 0. The highest BCUT2D eigenvalue weighted by Gasteiger charge is 2.47. The summed E-state index contributed by atoms with van der Waals surface area (Å²) < 4.78 is 51.0. The monoisotopic (exact) mass is 483 g/mol. The van der Waals surface area contributed by atoms with Crippen LogP contribution in [0.4, 0.5) is 4.39 Å². The van der Waals surface area contributed by atoms with Crippen molar-refractivity contribution in [2.45, 2.75) is 43.5 Å². The van der Waals surface area contributed by atoms with E-state index in [-0.39, 0.29) is 25.3 Å². The van der Waals surface area contributed by atoms with Gasteiger partial charge in [-0.05, 0) is 48.9 Å². The molecule has 0 bridgehead atoms. The van der Waals surface area contributed by atoms with Crippen LogP contribution < -0.4 is 0 Å². The molecule has 1 aromatic heterocycles. The van der Waals surface area contributed by atoms with Crippen LogP contribution in [0.25, 0.3) is 11.1 Å². The van der Waals surface area contributed by atoms with Gasteiger partial charge >= 0.3 is 0 Å². The summed E-state index contributed by atoms with van der Waals surface area (Å²) in [4.78, 5) is 8.02. The Morgan fingerprint density at radius 1 is 1.06 bits per heavy atom. The van der Waals surface area contributed by atoms with Crippen molar-refractivity contribution in [1.29, 1.82) is 0 Å². The quantitative estimate of drug-likeness (QED) is 0.534. The van der Waals surface area contributed by atoms with E-state index in [1.807, 2.05) is 12.1 Å². The van der Waals surface area contributed by atoms with Crippen molar-refractivity contribution in [1.82, 2.24) is 9.97 Å². The van der Waals surface area contributed by atoms with Crippen LogP contribution in [-0.2, 0) is 14.8 Å². The van der Waals surface area contributed by atoms with Crippen molar-refractivity contribution in [3.8, 4) is 11.1 Å². The highest BCUT2D eigenvalue weighted by atomic mass is 32.2. The topological polar surface area (TPSA) is 102 Å². The van der Waals surface area contributed by atoms with Crippen molar-refractivity contribution in [3.05, 3.63) is 84.2 Å². The molecule has 3 aromatic rings. The van der Waals surface area contributed by atoms with E-state index in [0.29, 0.717) is 11.1 Å². The lowest BCUT2D eigenvalue weighted by molar-refractivity contribution is 0.0797. The van der Waals surface area contributed by atoms with Gasteiger partial charge < -0.3 is 9.84 Å². The third-order valence-electron chi connectivity index (χ3n) is 5.89. The van der Waals surface area contributed by atoms with Crippen LogP contribution in [0.2, 0.25) is 0 Å². The molecule has 2 atom stereocenters. The Balaban J connectivity index is 1.63. The standard InChI is InChI=1S/C25H26FN3O4S/c1-25(2)24(18-9-7-17(8-10-18)20-14-27-16-28-15-20)34(31,32)29-23(33-25)13-19(11-12-30)21-5-3-4-6-22(21)26/h3-10,14-16,19,24,30H,11-13H2,1-2H3/t19-,24?/m1/s1. The van der Waals surface area contributed by atoms with Crippen molar-refractivity contribution < 1.29 is 22.7 Å². The first kappa shape index (κ1) is 24.0. The summed E-state index contributed by atoms with van der Waals surface area (Å²) in [7, 11) is -3.98. The molecule has 0 saturated heterocycles. The van der Waals surface area contributed by atoms with Gasteiger partial charge in [0.25, 0.3) is 10.0 Å². The third-order valence-corrected chi connectivity index (χ3v) is 7.78. The molecular weight excluding hydrogens is 457 g/mol. The van der Waals surface area contributed by atoms with E-state index in [4.69, 9.17) is 4.74 Å². The highest BCUT2D eigenvalue weighted by Crippen LogP contribution is 2.42. The Labute approximate surface area is 198 Å². The van der Waals surface area contributed by atoms with E-state index >= 15 is 0 Å². The molecule has 2 aromatic carbocycles. The van der Waals surface area contributed by atoms with Crippen LogP contribution in [0.5, 0.6) is 0 Å². The lowest BCUT2D eigenvalue weighted by Gasteiger charge is -2.38. The SMILES string of the molecule is CC1(C)OC(C[C@@H](CCO)c2ccccc2F)=NS(=O)(=O)C1c1ccc(-c2cncnc2)cc1. The van der Waals surface area contributed by atoms with Gasteiger partial charge in [0, 0.05) is 31.0 Å². The minimum atomic E-state index is -3.98. The molecule has 1 N–H and O–H groups in total. The van der Waals surface area contributed by atoms with E-state index < -0.39 is 32.6 Å². The van der Waals surface area contributed by atoms with Gasteiger partial charge in [-0.2, -0.15) is 0 Å². The first-order valence-electron chi connectivity index (χ1n) is 10.9. The van der Waals surface area contributed by atoms with Crippen molar-refractivity contribution in [2.24, 2.45) is 4.40 Å². The maximum Gasteiger partial charge on any atom is 0.267 e. The summed E-state index contributed by atoms with van der Waals surface area (Å²) in [6.07, 6.45) is 5.11. The van der Waals surface area contributed by atoms with Gasteiger partial charge in [-0.1, -0.05) is 42.5 Å². The molecule has 7 nitrogen and oxygen atoms in total. The van der Waals surface area contributed by atoms with Gasteiger partial charge in [0.15, 0.2) is 0 Å². The fourth-order valence-corrected chi connectivity index (χ4v) is 6.19. The summed E-state index contributed by atoms with van der Waals surface area (Å²) in [5.41, 5.74) is 1.50. The van der Waals surface area contributed by atoms with Crippen LogP contribution in [0.1, 0.15) is 49.0 Å². The van der Waals surface area contributed by atoms with E-state index in [9.17, 15) is 17.9 Å². The smallest absolute Gasteiger partial charge is 0.267 e. The van der Waals surface area contributed by atoms with E-state index in [0.717, 1.165) is 11.1 Å². The zero-order valence-corrected chi connectivity index (χ0v) is 19.7. The molecule has 1 unspecified atom stereocenters. The maximum atomic E-state index is 14.4. The molecule has 9 heteroatoms. The number of hydrogen-bond acceptors (Lipinski definition) is 6. The summed E-state index contributed by atoms with van der Waals surface area (Å²) in [6, 6.07) is 13.4. The number of aliphatic hydroxyl groups excluding tert-OH is 1. The molecule has 0 spiro atoms. The van der Waals surface area contributed by atoms with Crippen LogP contribution in [0, 0.1) is 5.82 Å². The number of rotatable bonds is 7. The molecule has 0 amide bonds. The van der Waals surface area contributed by atoms with Crippen molar-refractivity contribution in [3.63, 3.8) is 0 Å². The fourth-order valence-electron chi connectivity index (χ4n) is 4.42. The average Bonchev–Trinajstić information content (AvgIpc) is 2.79. The number of nitrogens with zero attached hydrogens (tertiary/aromatic N) is 3. The molecule has 34 heavy (non-hydrogen) atoms.